The molecule has 0 saturated carbocycles. The summed E-state index contributed by atoms with van der Waals surface area (Å²) in [4.78, 5) is 32.4. The van der Waals surface area contributed by atoms with Crippen molar-refractivity contribution in [3.63, 3.8) is 0 Å². The molecular weight excluding hydrogens is 426 g/mol. The van der Waals surface area contributed by atoms with Crippen molar-refractivity contribution in [2.75, 3.05) is 38.0 Å². The predicted octanol–water partition coefficient (Wildman–Crippen LogP) is 4.22. The smallest absolute Gasteiger partial charge is 0.269 e. The lowest BCUT2D eigenvalue weighted by molar-refractivity contribution is -0.384. The number of para-hydroxylation sites is 1. The molecule has 4 rings (SSSR count). The minimum absolute atomic E-state index is 0.0263. The number of nitrogens with one attached hydrogen (secondary N) is 1. The van der Waals surface area contributed by atoms with Gasteiger partial charge in [0.15, 0.2) is 0 Å². The Morgan fingerprint density at radius 2 is 1.97 bits per heavy atom. The van der Waals surface area contributed by atoms with Gasteiger partial charge in [-0.25, -0.2) is 4.98 Å². The molecule has 3 aromatic rings. The fourth-order valence-corrected chi connectivity index (χ4v) is 5.03. The summed E-state index contributed by atoms with van der Waals surface area (Å²) in [7, 11) is 0. The molecule has 1 N–H and O–H groups in total. The van der Waals surface area contributed by atoms with Crippen LogP contribution in [0.25, 0.3) is 10.2 Å². The van der Waals surface area contributed by atoms with Crippen LogP contribution in [0.3, 0.4) is 0 Å². The van der Waals surface area contributed by atoms with Crippen LogP contribution < -0.4 is 5.32 Å². The highest BCUT2D eigenvalue weighted by molar-refractivity contribution is 7.18. The Hall–Kier alpha value is -2.88. The summed E-state index contributed by atoms with van der Waals surface area (Å²) >= 11 is 1.76. The Morgan fingerprint density at radius 1 is 1.22 bits per heavy atom. The van der Waals surface area contributed by atoms with Gasteiger partial charge in [-0.15, -0.1) is 11.3 Å². The zero-order chi connectivity index (χ0) is 22.7. The fraction of sp³-hybridized carbons (Fsp3) is 0.391. The lowest BCUT2D eigenvalue weighted by Crippen LogP contribution is -2.47. The molecule has 1 saturated heterocycles. The number of amides is 1. The van der Waals surface area contributed by atoms with Gasteiger partial charge in [0.05, 0.1) is 21.2 Å². The summed E-state index contributed by atoms with van der Waals surface area (Å²) in [5.74, 6) is -0.0766. The minimum Gasteiger partial charge on any atom is -0.326 e. The van der Waals surface area contributed by atoms with E-state index in [9.17, 15) is 14.9 Å². The zero-order valence-electron chi connectivity index (χ0n) is 18.3. The number of nitro benzene ring substituents is 1. The molecule has 0 aliphatic carbocycles. The van der Waals surface area contributed by atoms with Gasteiger partial charge in [-0.05, 0) is 37.6 Å². The fourth-order valence-electron chi connectivity index (χ4n) is 3.97. The molecule has 0 bridgehead atoms. The number of carbonyl (C=O) groups is 1. The number of fused-ring (bicyclic) bond motifs is 1. The SMILES string of the molecule is Cc1cc([N+](=O)[O-])ccc1NC(=O)CCN1CCN([C@H](C)c2nc3ccccc3s2)CC1. The van der Waals surface area contributed by atoms with E-state index in [-0.39, 0.29) is 17.6 Å². The highest BCUT2D eigenvalue weighted by Crippen LogP contribution is 2.30. The first-order valence-corrected chi connectivity index (χ1v) is 11.6. The number of thiazole rings is 1. The average molecular weight is 454 g/mol. The molecule has 0 radical (unpaired) electrons. The van der Waals surface area contributed by atoms with Gasteiger partial charge in [0.2, 0.25) is 5.91 Å². The zero-order valence-corrected chi connectivity index (χ0v) is 19.1. The third-order valence-corrected chi connectivity index (χ3v) is 7.18. The molecule has 2 heterocycles. The molecule has 32 heavy (non-hydrogen) atoms. The Kier molecular flexibility index (Phi) is 6.78. The molecule has 1 aliphatic heterocycles. The molecule has 0 unspecified atom stereocenters. The number of aryl methyl sites for hydroxylation is 1. The van der Waals surface area contributed by atoms with Gasteiger partial charge in [-0.2, -0.15) is 0 Å². The van der Waals surface area contributed by atoms with Crippen molar-refractivity contribution in [2.24, 2.45) is 0 Å². The van der Waals surface area contributed by atoms with Crippen LogP contribution in [0, 0.1) is 17.0 Å². The van der Waals surface area contributed by atoms with Gasteiger partial charge in [0.25, 0.3) is 5.69 Å². The number of benzene rings is 2. The number of aromatic nitrogens is 1. The van der Waals surface area contributed by atoms with Crippen molar-refractivity contribution in [3.8, 4) is 0 Å². The lowest BCUT2D eigenvalue weighted by atomic mass is 10.1. The number of nitro groups is 1. The van der Waals surface area contributed by atoms with Crippen LogP contribution in [0.15, 0.2) is 42.5 Å². The van der Waals surface area contributed by atoms with Crippen LogP contribution >= 0.6 is 11.3 Å². The van der Waals surface area contributed by atoms with Gasteiger partial charge in [0, 0.05) is 57.0 Å². The number of nitrogens with zero attached hydrogens (tertiary/aromatic N) is 4. The van der Waals surface area contributed by atoms with Gasteiger partial charge >= 0.3 is 0 Å². The predicted molar refractivity (Wildman–Crippen MR) is 127 cm³/mol. The van der Waals surface area contributed by atoms with E-state index < -0.39 is 4.92 Å². The first-order chi connectivity index (χ1) is 15.4. The van der Waals surface area contributed by atoms with Crippen molar-refractivity contribution < 1.29 is 9.72 Å². The maximum Gasteiger partial charge on any atom is 0.269 e. The van der Waals surface area contributed by atoms with Gasteiger partial charge in [-0.1, -0.05) is 12.1 Å². The van der Waals surface area contributed by atoms with E-state index in [1.807, 2.05) is 12.1 Å². The third kappa shape index (κ3) is 5.12. The second kappa shape index (κ2) is 9.72. The molecule has 2 aromatic carbocycles. The highest BCUT2D eigenvalue weighted by atomic mass is 32.1. The maximum absolute atomic E-state index is 12.4. The molecule has 1 amide bonds. The van der Waals surface area contributed by atoms with E-state index in [1.165, 1.54) is 16.8 Å². The van der Waals surface area contributed by atoms with Gasteiger partial charge < -0.3 is 10.2 Å². The molecular formula is C23H27N5O3S. The highest BCUT2D eigenvalue weighted by Gasteiger charge is 2.24. The summed E-state index contributed by atoms with van der Waals surface area (Å²) in [6, 6.07) is 13.0. The summed E-state index contributed by atoms with van der Waals surface area (Å²) in [5.41, 5.74) is 2.39. The number of hydrogen-bond donors (Lipinski definition) is 1. The second-order valence-corrected chi connectivity index (χ2v) is 9.19. The molecule has 9 heteroatoms. The largest absolute Gasteiger partial charge is 0.326 e. The lowest BCUT2D eigenvalue weighted by Gasteiger charge is -2.37. The number of piperazine rings is 1. The van der Waals surface area contributed by atoms with Crippen molar-refractivity contribution in [3.05, 3.63) is 63.1 Å². The Labute approximate surface area is 191 Å². The number of anilines is 1. The topological polar surface area (TPSA) is 91.6 Å². The van der Waals surface area contributed by atoms with Crippen LogP contribution in [0.1, 0.15) is 30.0 Å². The average Bonchev–Trinajstić information content (AvgIpc) is 3.23. The monoisotopic (exact) mass is 453 g/mol. The number of hydrogen-bond acceptors (Lipinski definition) is 7. The normalized spacial score (nSPS) is 16.2. The first kappa shape index (κ1) is 22.3. The number of non-ortho nitro benzene ring substituents is 1. The molecule has 1 fully saturated rings. The standard InChI is InChI=1S/C23H27N5O3S/c1-16-15-18(28(30)31)7-8-19(16)24-22(29)9-10-26-11-13-27(14-12-26)17(2)23-25-20-5-3-4-6-21(20)32-23/h3-8,15,17H,9-14H2,1-2H3,(H,24,29)/t17-/m1/s1. The summed E-state index contributed by atoms with van der Waals surface area (Å²) < 4.78 is 1.22. The molecule has 0 spiro atoms. The summed E-state index contributed by atoms with van der Waals surface area (Å²) in [5, 5.41) is 14.9. The van der Waals surface area contributed by atoms with E-state index in [0.717, 1.165) is 36.7 Å². The van der Waals surface area contributed by atoms with Crippen LogP contribution in [0.2, 0.25) is 0 Å². The summed E-state index contributed by atoms with van der Waals surface area (Å²) in [6.07, 6.45) is 0.393. The molecule has 1 aromatic heterocycles. The van der Waals surface area contributed by atoms with E-state index in [2.05, 4.69) is 34.2 Å². The van der Waals surface area contributed by atoms with Crippen LogP contribution in [0.4, 0.5) is 11.4 Å². The van der Waals surface area contributed by atoms with E-state index in [1.54, 1.807) is 24.3 Å². The molecule has 168 valence electrons. The van der Waals surface area contributed by atoms with Crippen LogP contribution in [-0.4, -0.2) is 58.3 Å². The maximum atomic E-state index is 12.4. The third-order valence-electron chi connectivity index (χ3n) is 5.97. The van der Waals surface area contributed by atoms with E-state index in [0.29, 0.717) is 24.2 Å². The van der Waals surface area contributed by atoms with Crippen LogP contribution in [-0.2, 0) is 4.79 Å². The van der Waals surface area contributed by atoms with Crippen LogP contribution in [0.5, 0.6) is 0 Å². The van der Waals surface area contributed by atoms with Crippen molar-refractivity contribution in [1.29, 1.82) is 0 Å². The van der Waals surface area contributed by atoms with E-state index in [4.69, 9.17) is 4.98 Å². The van der Waals surface area contributed by atoms with Gasteiger partial charge in [0.1, 0.15) is 5.01 Å². The molecule has 1 atom stereocenters. The molecule has 8 nitrogen and oxygen atoms in total. The Bertz CT molecular complexity index is 1090. The quantitative estimate of drug-likeness (QED) is 0.425. The Balaban J connectivity index is 1.24. The van der Waals surface area contributed by atoms with Gasteiger partial charge in [-0.3, -0.25) is 19.8 Å². The minimum atomic E-state index is -0.435. The van der Waals surface area contributed by atoms with Crippen molar-refractivity contribution >= 4 is 38.8 Å². The number of carbonyl (C=O) groups excluding carboxylic acids is 1. The number of rotatable bonds is 7. The van der Waals surface area contributed by atoms with E-state index >= 15 is 0 Å². The molecule has 1 aliphatic rings. The first-order valence-electron chi connectivity index (χ1n) is 10.8. The van der Waals surface area contributed by atoms with Crippen molar-refractivity contribution in [2.45, 2.75) is 26.3 Å². The van der Waals surface area contributed by atoms with Crippen molar-refractivity contribution in [1.82, 2.24) is 14.8 Å². The Morgan fingerprint density at radius 3 is 2.66 bits per heavy atom. The second-order valence-electron chi connectivity index (χ2n) is 8.13. The summed E-state index contributed by atoms with van der Waals surface area (Å²) in [6.45, 7) is 8.39.